The topological polar surface area (TPSA) is 76.6 Å². The molecule has 1 aliphatic rings. The summed E-state index contributed by atoms with van der Waals surface area (Å²) in [6.07, 6.45) is 3.36. The van der Waals surface area contributed by atoms with E-state index in [1.165, 1.54) is 20.5 Å². The molecule has 118 valence electrons. The first kappa shape index (κ1) is 17.5. The molecule has 0 saturated carbocycles. The lowest BCUT2D eigenvalue weighted by atomic mass is 10.1. The molecule has 7 nitrogen and oxygen atoms in total. The standard InChI is InChI=1S/C13H20N4O3.ClH/c1-14-9-5-4-6-17(7-9)13(18)10-11(19-2)15-8-16-12(10)20-3;/h8-9,14H,4-7H2,1-3H3;1H. The normalized spacial score (nSPS) is 17.9. The Morgan fingerprint density at radius 3 is 2.48 bits per heavy atom. The highest BCUT2D eigenvalue weighted by Crippen LogP contribution is 2.26. The number of carbonyl (C=O) groups excluding carboxylic acids is 1. The summed E-state index contributed by atoms with van der Waals surface area (Å²) in [6.45, 7) is 1.38. The zero-order valence-corrected chi connectivity index (χ0v) is 13.3. The molecule has 0 aromatic carbocycles. The van der Waals surface area contributed by atoms with E-state index in [0.717, 1.165) is 19.4 Å². The number of nitrogens with zero attached hydrogens (tertiary/aromatic N) is 3. The Balaban J connectivity index is 0.00000220. The van der Waals surface area contributed by atoms with Crippen molar-refractivity contribution in [3.63, 3.8) is 0 Å². The number of hydrogen-bond donors (Lipinski definition) is 1. The first-order chi connectivity index (χ1) is 9.71. The maximum atomic E-state index is 12.7. The quantitative estimate of drug-likeness (QED) is 0.883. The largest absolute Gasteiger partial charge is 0.480 e. The van der Waals surface area contributed by atoms with Crippen molar-refractivity contribution in [2.24, 2.45) is 0 Å². The second-order valence-electron chi connectivity index (χ2n) is 4.65. The van der Waals surface area contributed by atoms with Gasteiger partial charge in [-0.1, -0.05) is 0 Å². The third-order valence-corrected chi connectivity index (χ3v) is 3.50. The van der Waals surface area contributed by atoms with Gasteiger partial charge in [-0.15, -0.1) is 12.4 Å². The van der Waals surface area contributed by atoms with E-state index >= 15 is 0 Å². The van der Waals surface area contributed by atoms with Crippen molar-refractivity contribution in [3.8, 4) is 11.8 Å². The van der Waals surface area contributed by atoms with Crippen LogP contribution in [0.2, 0.25) is 0 Å². The first-order valence-corrected chi connectivity index (χ1v) is 6.60. The molecular weight excluding hydrogens is 296 g/mol. The van der Waals surface area contributed by atoms with Crippen LogP contribution >= 0.6 is 12.4 Å². The Bertz CT molecular complexity index is 464. The van der Waals surface area contributed by atoms with Gasteiger partial charge in [0.1, 0.15) is 6.33 Å². The minimum atomic E-state index is -0.153. The molecule has 0 aliphatic carbocycles. The van der Waals surface area contributed by atoms with Crippen LogP contribution < -0.4 is 14.8 Å². The number of rotatable bonds is 4. The number of likely N-dealkylation sites (tertiary alicyclic amines) is 1. The number of amides is 1. The fourth-order valence-corrected chi connectivity index (χ4v) is 2.40. The molecule has 1 aromatic heterocycles. The Kier molecular flexibility index (Phi) is 6.64. The summed E-state index contributed by atoms with van der Waals surface area (Å²) in [5, 5.41) is 3.21. The third-order valence-electron chi connectivity index (χ3n) is 3.50. The van der Waals surface area contributed by atoms with E-state index in [1.807, 2.05) is 7.05 Å². The number of carbonyl (C=O) groups is 1. The highest BCUT2D eigenvalue weighted by Gasteiger charge is 2.29. The Labute approximate surface area is 130 Å². The van der Waals surface area contributed by atoms with Crippen molar-refractivity contribution >= 4 is 18.3 Å². The van der Waals surface area contributed by atoms with Crippen molar-refractivity contribution in [1.82, 2.24) is 20.2 Å². The van der Waals surface area contributed by atoms with Gasteiger partial charge in [-0.3, -0.25) is 4.79 Å². The lowest BCUT2D eigenvalue weighted by Gasteiger charge is -2.32. The van der Waals surface area contributed by atoms with Gasteiger partial charge in [0.15, 0.2) is 5.56 Å². The fraction of sp³-hybridized carbons (Fsp3) is 0.615. The summed E-state index contributed by atoms with van der Waals surface area (Å²) in [5.41, 5.74) is 0.286. The zero-order valence-electron chi connectivity index (χ0n) is 12.5. The maximum Gasteiger partial charge on any atom is 0.264 e. The van der Waals surface area contributed by atoms with Crippen LogP contribution in [0.25, 0.3) is 0 Å². The van der Waals surface area contributed by atoms with Crippen molar-refractivity contribution in [3.05, 3.63) is 11.9 Å². The summed E-state index contributed by atoms with van der Waals surface area (Å²) < 4.78 is 10.3. The summed E-state index contributed by atoms with van der Waals surface area (Å²) >= 11 is 0. The third kappa shape index (κ3) is 3.74. The van der Waals surface area contributed by atoms with Crippen LogP contribution in [0, 0.1) is 0 Å². The van der Waals surface area contributed by atoms with E-state index in [-0.39, 0.29) is 35.6 Å². The number of aromatic nitrogens is 2. The van der Waals surface area contributed by atoms with Crippen molar-refractivity contribution in [2.75, 3.05) is 34.4 Å². The second-order valence-corrected chi connectivity index (χ2v) is 4.65. The number of ether oxygens (including phenoxy) is 2. The highest BCUT2D eigenvalue weighted by atomic mass is 35.5. The van der Waals surface area contributed by atoms with Crippen molar-refractivity contribution in [1.29, 1.82) is 0 Å². The Morgan fingerprint density at radius 2 is 1.95 bits per heavy atom. The van der Waals surface area contributed by atoms with Crippen molar-refractivity contribution < 1.29 is 14.3 Å². The van der Waals surface area contributed by atoms with Gasteiger partial charge in [-0.05, 0) is 19.9 Å². The van der Waals surface area contributed by atoms with Crippen LogP contribution in [0.5, 0.6) is 11.8 Å². The predicted octanol–water partition coefficient (Wildman–Crippen LogP) is 0.740. The van der Waals surface area contributed by atoms with Crippen LogP contribution in [-0.2, 0) is 0 Å². The molecule has 8 heteroatoms. The predicted molar refractivity (Wildman–Crippen MR) is 80.4 cm³/mol. The molecule has 1 aromatic rings. The number of hydrogen-bond acceptors (Lipinski definition) is 6. The molecule has 1 N–H and O–H groups in total. The van der Waals surface area contributed by atoms with Crippen LogP contribution in [0.4, 0.5) is 0 Å². The van der Waals surface area contributed by atoms with Gasteiger partial charge in [0, 0.05) is 19.1 Å². The molecule has 1 aliphatic heterocycles. The summed E-state index contributed by atoms with van der Waals surface area (Å²) in [7, 11) is 4.86. The number of piperidine rings is 1. The average molecular weight is 317 g/mol. The van der Waals surface area contributed by atoms with Gasteiger partial charge in [0.05, 0.1) is 14.2 Å². The zero-order chi connectivity index (χ0) is 14.5. The summed E-state index contributed by atoms with van der Waals surface area (Å²) in [4.78, 5) is 22.4. The molecule has 1 atom stereocenters. The summed E-state index contributed by atoms with van der Waals surface area (Å²) in [6, 6.07) is 0.314. The van der Waals surface area contributed by atoms with Gasteiger partial charge < -0.3 is 19.7 Å². The molecule has 0 spiro atoms. The van der Waals surface area contributed by atoms with Gasteiger partial charge in [0.2, 0.25) is 11.8 Å². The van der Waals surface area contributed by atoms with Gasteiger partial charge >= 0.3 is 0 Å². The van der Waals surface area contributed by atoms with Crippen LogP contribution in [0.3, 0.4) is 0 Å². The molecule has 1 unspecified atom stereocenters. The molecule has 21 heavy (non-hydrogen) atoms. The molecule has 0 bridgehead atoms. The van der Waals surface area contributed by atoms with Gasteiger partial charge in [-0.25, -0.2) is 9.97 Å². The van der Waals surface area contributed by atoms with E-state index in [0.29, 0.717) is 12.6 Å². The molecule has 1 amide bonds. The van der Waals surface area contributed by atoms with E-state index in [4.69, 9.17) is 9.47 Å². The summed E-state index contributed by atoms with van der Waals surface area (Å²) in [5.74, 6) is 0.334. The number of halogens is 1. The SMILES string of the molecule is CNC1CCCN(C(=O)c2c(OC)ncnc2OC)C1.Cl. The van der Waals surface area contributed by atoms with Crippen LogP contribution in [0.15, 0.2) is 6.33 Å². The second kappa shape index (κ2) is 7.99. The highest BCUT2D eigenvalue weighted by molar-refractivity contribution is 5.98. The van der Waals surface area contributed by atoms with E-state index in [1.54, 1.807) is 4.90 Å². The number of likely N-dealkylation sites (N-methyl/N-ethyl adjacent to an activating group) is 1. The Morgan fingerprint density at radius 1 is 1.33 bits per heavy atom. The number of nitrogens with one attached hydrogen (secondary N) is 1. The first-order valence-electron chi connectivity index (χ1n) is 6.60. The Hall–Kier alpha value is -1.60. The van der Waals surface area contributed by atoms with E-state index in [9.17, 15) is 4.79 Å². The molecule has 1 fully saturated rings. The minimum absolute atomic E-state index is 0. The van der Waals surface area contributed by atoms with E-state index < -0.39 is 0 Å². The fourth-order valence-electron chi connectivity index (χ4n) is 2.40. The number of methoxy groups -OCH3 is 2. The monoisotopic (exact) mass is 316 g/mol. The smallest absolute Gasteiger partial charge is 0.264 e. The molecule has 0 radical (unpaired) electrons. The maximum absolute atomic E-state index is 12.7. The molecular formula is C13H21ClN4O3. The molecule has 2 heterocycles. The minimum Gasteiger partial charge on any atom is -0.480 e. The average Bonchev–Trinajstić information content (AvgIpc) is 2.53. The van der Waals surface area contributed by atoms with Crippen LogP contribution in [-0.4, -0.2) is 61.2 Å². The molecule has 2 rings (SSSR count). The van der Waals surface area contributed by atoms with Crippen LogP contribution in [0.1, 0.15) is 23.2 Å². The molecule has 1 saturated heterocycles. The van der Waals surface area contributed by atoms with E-state index in [2.05, 4.69) is 15.3 Å². The van der Waals surface area contributed by atoms with Gasteiger partial charge in [0.25, 0.3) is 5.91 Å². The lowest BCUT2D eigenvalue weighted by Crippen LogP contribution is -2.47. The lowest BCUT2D eigenvalue weighted by molar-refractivity contribution is 0.0689. The van der Waals surface area contributed by atoms with Gasteiger partial charge in [-0.2, -0.15) is 0 Å². The van der Waals surface area contributed by atoms with Crippen molar-refractivity contribution in [2.45, 2.75) is 18.9 Å².